The van der Waals surface area contributed by atoms with Crippen molar-refractivity contribution >= 4 is 5.69 Å². The smallest absolute Gasteiger partial charge is 0.0413 e. The highest BCUT2D eigenvalue weighted by Gasteiger charge is 2.38. The van der Waals surface area contributed by atoms with E-state index >= 15 is 0 Å². The standard InChI is InChI=1S/C16H23N2/c1-16(2)12-18(13-8-10-17(3)11-9-13)15-7-5-4-6-14(15)16/h4,6-7,13H,8-12H2,1-3H3. The van der Waals surface area contributed by atoms with Gasteiger partial charge in [0.15, 0.2) is 0 Å². The van der Waals surface area contributed by atoms with Crippen molar-refractivity contribution in [2.75, 3.05) is 31.6 Å². The Balaban J connectivity index is 1.87. The fourth-order valence-corrected chi connectivity index (χ4v) is 3.46. The number of nitrogens with zero attached hydrogens (tertiary/aromatic N) is 2. The van der Waals surface area contributed by atoms with E-state index in [-0.39, 0.29) is 5.41 Å². The average Bonchev–Trinajstić information content (AvgIpc) is 2.63. The van der Waals surface area contributed by atoms with Gasteiger partial charge in [0.2, 0.25) is 0 Å². The van der Waals surface area contributed by atoms with Crippen molar-refractivity contribution in [1.82, 2.24) is 4.90 Å². The molecule has 0 N–H and O–H groups in total. The van der Waals surface area contributed by atoms with Gasteiger partial charge in [0.1, 0.15) is 0 Å². The maximum atomic E-state index is 3.26. The Morgan fingerprint density at radius 3 is 2.72 bits per heavy atom. The number of hydrogen-bond donors (Lipinski definition) is 0. The van der Waals surface area contributed by atoms with Gasteiger partial charge in [0.05, 0.1) is 0 Å². The molecule has 1 radical (unpaired) electrons. The third-order valence-corrected chi connectivity index (χ3v) is 4.58. The molecule has 2 nitrogen and oxygen atoms in total. The van der Waals surface area contributed by atoms with Gasteiger partial charge in [0.25, 0.3) is 0 Å². The highest BCUT2D eigenvalue weighted by Crippen LogP contribution is 2.42. The number of rotatable bonds is 1. The Morgan fingerprint density at radius 2 is 2.00 bits per heavy atom. The SMILES string of the molecule is CN1CCC(N2CC(C)(C)c3cc[c]cc32)CC1. The quantitative estimate of drug-likeness (QED) is 0.748. The zero-order valence-corrected chi connectivity index (χ0v) is 11.7. The first-order chi connectivity index (χ1) is 8.58. The molecule has 97 valence electrons. The molecule has 1 aromatic carbocycles. The van der Waals surface area contributed by atoms with Crippen LogP contribution in [0.5, 0.6) is 0 Å². The molecule has 0 saturated carbocycles. The molecule has 0 bridgehead atoms. The minimum absolute atomic E-state index is 0.285. The first kappa shape index (κ1) is 12.0. The largest absolute Gasteiger partial charge is 0.367 e. The molecule has 2 heteroatoms. The van der Waals surface area contributed by atoms with Crippen molar-refractivity contribution in [2.45, 2.75) is 38.1 Å². The van der Waals surface area contributed by atoms with Gasteiger partial charge in [-0.1, -0.05) is 26.0 Å². The molecule has 1 aromatic rings. The van der Waals surface area contributed by atoms with E-state index < -0.39 is 0 Å². The first-order valence-corrected chi connectivity index (χ1v) is 7.04. The molecule has 0 aliphatic carbocycles. The summed E-state index contributed by atoms with van der Waals surface area (Å²) in [5.41, 5.74) is 3.21. The van der Waals surface area contributed by atoms with E-state index in [9.17, 15) is 0 Å². The molecule has 0 amide bonds. The zero-order valence-electron chi connectivity index (χ0n) is 11.7. The first-order valence-electron chi connectivity index (χ1n) is 7.04. The third-order valence-electron chi connectivity index (χ3n) is 4.58. The van der Waals surface area contributed by atoms with Crippen molar-refractivity contribution in [2.24, 2.45) is 0 Å². The topological polar surface area (TPSA) is 6.48 Å². The molecule has 2 heterocycles. The van der Waals surface area contributed by atoms with E-state index in [4.69, 9.17) is 0 Å². The summed E-state index contributed by atoms with van der Waals surface area (Å²) in [6, 6.07) is 10.5. The Bertz CT molecular complexity index is 430. The fourth-order valence-electron chi connectivity index (χ4n) is 3.46. The number of benzene rings is 1. The third kappa shape index (κ3) is 1.93. The van der Waals surface area contributed by atoms with E-state index in [1.165, 1.54) is 37.2 Å². The van der Waals surface area contributed by atoms with Crippen LogP contribution in [0.2, 0.25) is 0 Å². The molecule has 1 saturated heterocycles. The second-order valence-corrected chi connectivity index (χ2v) is 6.49. The number of piperidine rings is 1. The summed E-state index contributed by atoms with van der Waals surface area (Å²) in [7, 11) is 2.23. The predicted molar refractivity (Wildman–Crippen MR) is 76.2 cm³/mol. The molecule has 2 aliphatic rings. The van der Waals surface area contributed by atoms with Crippen LogP contribution in [0.3, 0.4) is 0 Å². The summed E-state index contributed by atoms with van der Waals surface area (Å²) in [6.07, 6.45) is 2.59. The Kier molecular flexibility index (Phi) is 2.86. The van der Waals surface area contributed by atoms with E-state index in [0.717, 1.165) is 12.6 Å². The van der Waals surface area contributed by atoms with E-state index in [1.807, 2.05) is 0 Å². The molecule has 0 unspecified atom stereocenters. The lowest BCUT2D eigenvalue weighted by Gasteiger charge is -2.37. The van der Waals surface area contributed by atoms with Gasteiger partial charge in [-0.2, -0.15) is 0 Å². The molecular weight excluding hydrogens is 220 g/mol. The highest BCUT2D eigenvalue weighted by molar-refractivity contribution is 5.62. The van der Waals surface area contributed by atoms with Crippen molar-refractivity contribution in [3.05, 3.63) is 29.8 Å². The van der Waals surface area contributed by atoms with Gasteiger partial charge >= 0.3 is 0 Å². The normalized spacial score (nSPS) is 24.3. The van der Waals surface area contributed by atoms with Crippen molar-refractivity contribution in [3.8, 4) is 0 Å². The second kappa shape index (κ2) is 4.27. The summed E-state index contributed by atoms with van der Waals surface area (Å²) >= 11 is 0. The van der Waals surface area contributed by atoms with E-state index in [0.29, 0.717) is 0 Å². The monoisotopic (exact) mass is 243 g/mol. The number of anilines is 1. The molecule has 2 aliphatic heterocycles. The zero-order chi connectivity index (χ0) is 12.8. The van der Waals surface area contributed by atoms with Crippen LogP contribution < -0.4 is 4.90 Å². The summed E-state index contributed by atoms with van der Waals surface area (Å²) in [5, 5.41) is 0. The van der Waals surface area contributed by atoms with Gasteiger partial charge < -0.3 is 9.80 Å². The summed E-state index contributed by atoms with van der Waals surface area (Å²) in [6.45, 7) is 8.34. The van der Waals surface area contributed by atoms with Gasteiger partial charge in [-0.15, -0.1) is 0 Å². The summed E-state index contributed by atoms with van der Waals surface area (Å²) < 4.78 is 0. The van der Waals surface area contributed by atoms with Crippen molar-refractivity contribution in [3.63, 3.8) is 0 Å². The maximum Gasteiger partial charge on any atom is 0.0413 e. The lowest BCUT2D eigenvalue weighted by Crippen LogP contribution is -2.44. The number of likely N-dealkylation sites (tertiary alicyclic amines) is 1. The molecule has 0 spiro atoms. The van der Waals surface area contributed by atoms with Crippen LogP contribution in [-0.2, 0) is 5.41 Å². The molecular formula is C16H23N2. The predicted octanol–water partition coefficient (Wildman–Crippen LogP) is 2.68. The van der Waals surface area contributed by atoms with Crippen LogP contribution in [0.25, 0.3) is 0 Å². The number of fused-ring (bicyclic) bond motifs is 1. The lowest BCUT2D eigenvalue weighted by atomic mass is 9.87. The van der Waals surface area contributed by atoms with Gasteiger partial charge in [-0.25, -0.2) is 0 Å². The van der Waals surface area contributed by atoms with Crippen LogP contribution in [0, 0.1) is 6.07 Å². The minimum Gasteiger partial charge on any atom is -0.367 e. The Hall–Kier alpha value is -1.02. The van der Waals surface area contributed by atoms with Crippen molar-refractivity contribution in [1.29, 1.82) is 0 Å². The van der Waals surface area contributed by atoms with Crippen LogP contribution in [0.4, 0.5) is 5.69 Å². The van der Waals surface area contributed by atoms with Gasteiger partial charge in [0, 0.05) is 23.7 Å². The van der Waals surface area contributed by atoms with Crippen LogP contribution in [-0.4, -0.2) is 37.6 Å². The van der Waals surface area contributed by atoms with Crippen LogP contribution in [0.1, 0.15) is 32.3 Å². The highest BCUT2D eigenvalue weighted by atomic mass is 15.2. The van der Waals surface area contributed by atoms with Crippen LogP contribution in [0.15, 0.2) is 18.2 Å². The molecule has 1 fully saturated rings. The second-order valence-electron chi connectivity index (χ2n) is 6.49. The number of hydrogen-bond acceptors (Lipinski definition) is 2. The Morgan fingerprint density at radius 1 is 1.28 bits per heavy atom. The van der Waals surface area contributed by atoms with E-state index in [2.05, 4.69) is 55.0 Å². The van der Waals surface area contributed by atoms with Gasteiger partial charge in [-0.05, 0) is 50.7 Å². The molecule has 0 atom stereocenters. The lowest BCUT2D eigenvalue weighted by molar-refractivity contribution is 0.248. The van der Waals surface area contributed by atoms with Crippen molar-refractivity contribution < 1.29 is 0 Å². The summed E-state index contributed by atoms with van der Waals surface area (Å²) in [5.74, 6) is 0. The maximum absolute atomic E-state index is 3.26. The average molecular weight is 243 g/mol. The molecule has 3 rings (SSSR count). The van der Waals surface area contributed by atoms with Crippen LogP contribution >= 0.6 is 0 Å². The Labute approximate surface area is 111 Å². The van der Waals surface area contributed by atoms with E-state index in [1.54, 1.807) is 0 Å². The molecule has 18 heavy (non-hydrogen) atoms. The van der Waals surface area contributed by atoms with Gasteiger partial charge in [-0.3, -0.25) is 0 Å². The minimum atomic E-state index is 0.285. The fraction of sp³-hybridized carbons (Fsp3) is 0.625. The molecule has 0 aromatic heterocycles. The summed E-state index contributed by atoms with van der Waals surface area (Å²) in [4.78, 5) is 5.08.